The number of benzene rings is 2. The highest BCUT2D eigenvalue weighted by atomic mass is 19.1. The number of imidazole rings is 1. The van der Waals surface area contributed by atoms with Gasteiger partial charge in [-0.1, -0.05) is 0 Å². The van der Waals surface area contributed by atoms with Crippen LogP contribution in [0.3, 0.4) is 0 Å². The molecule has 1 amide bonds. The standard InChI is InChI=1S/C21H24FN5O3/c1-30-19-5-2-15(22)10-14(19)12-26-6-8-27(9-7-26)13-20(28)23-16-3-4-17-18(11-16)25-21(29)24-17/h2-5,10-11H,6-9,12-13H2,1H3,(H,23,28)(H2,24,25,29). The number of amides is 1. The van der Waals surface area contributed by atoms with Crippen molar-refractivity contribution in [1.82, 2.24) is 19.8 Å². The molecule has 30 heavy (non-hydrogen) atoms. The van der Waals surface area contributed by atoms with Crippen molar-refractivity contribution in [3.05, 3.63) is 58.3 Å². The van der Waals surface area contributed by atoms with E-state index in [0.717, 1.165) is 31.7 Å². The van der Waals surface area contributed by atoms with Crippen LogP contribution in [-0.2, 0) is 11.3 Å². The van der Waals surface area contributed by atoms with E-state index in [-0.39, 0.29) is 17.4 Å². The van der Waals surface area contributed by atoms with Crippen molar-refractivity contribution in [3.63, 3.8) is 0 Å². The van der Waals surface area contributed by atoms with Crippen LogP contribution in [0.5, 0.6) is 5.75 Å². The maximum absolute atomic E-state index is 13.6. The Morgan fingerprint density at radius 3 is 2.57 bits per heavy atom. The maximum Gasteiger partial charge on any atom is 0.323 e. The molecule has 4 rings (SSSR count). The Kier molecular flexibility index (Phi) is 5.82. The predicted octanol–water partition coefficient (Wildman–Crippen LogP) is 1.76. The summed E-state index contributed by atoms with van der Waals surface area (Å²) in [6.45, 7) is 3.95. The number of fused-ring (bicyclic) bond motifs is 1. The summed E-state index contributed by atoms with van der Waals surface area (Å²) in [7, 11) is 1.58. The summed E-state index contributed by atoms with van der Waals surface area (Å²) in [6, 6.07) is 9.79. The van der Waals surface area contributed by atoms with E-state index in [1.807, 2.05) is 0 Å². The second-order valence-electron chi connectivity index (χ2n) is 7.40. The minimum Gasteiger partial charge on any atom is -0.496 e. The number of hydrogen-bond donors (Lipinski definition) is 3. The zero-order valence-electron chi connectivity index (χ0n) is 16.7. The molecule has 2 aromatic carbocycles. The molecule has 1 saturated heterocycles. The zero-order chi connectivity index (χ0) is 21.1. The molecule has 1 aliphatic heterocycles. The number of nitrogens with zero attached hydrogens (tertiary/aromatic N) is 2. The topological polar surface area (TPSA) is 93.5 Å². The number of aromatic amines is 2. The van der Waals surface area contributed by atoms with Gasteiger partial charge in [0.1, 0.15) is 11.6 Å². The molecule has 0 aliphatic carbocycles. The summed E-state index contributed by atoms with van der Waals surface area (Å²) in [5.41, 5.74) is 2.53. The molecule has 0 atom stereocenters. The van der Waals surface area contributed by atoms with Crippen molar-refractivity contribution >= 4 is 22.6 Å². The van der Waals surface area contributed by atoms with Gasteiger partial charge in [0.2, 0.25) is 5.91 Å². The first-order chi connectivity index (χ1) is 14.5. The number of anilines is 1. The van der Waals surface area contributed by atoms with E-state index in [4.69, 9.17) is 4.74 Å². The Morgan fingerprint density at radius 2 is 1.80 bits per heavy atom. The van der Waals surface area contributed by atoms with Crippen LogP contribution in [0.2, 0.25) is 0 Å². The first kappa shape index (κ1) is 20.1. The van der Waals surface area contributed by atoms with E-state index in [1.165, 1.54) is 12.1 Å². The SMILES string of the molecule is COc1ccc(F)cc1CN1CCN(CC(=O)Nc2ccc3[nH]c(=O)[nH]c3c2)CC1. The van der Waals surface area contributed by atoms with Crippen LogP contribution in [-0.4, -0.2) is 65.5 Å². The van der Waals surface area contributed by atoms with Crippen LogP contribution in [0.1, 0.15) is 5.56 Å². The van der Waals surface area contributed by atoms with E-state index in [9.17, 15) is 14.0 Å². The van der Waals surface area contributed by atoms with Gasteiger partial charge in [-0.2, -0.15) is 0 Å². The predicted molar refractivity (Wildman–Crippen MR) is 112 cm³/mol. The second-order valence-corrected chi connectivity index (χ2v) is 7.40. The van der Waals surface area contributed by atoms with Gasteiger partial charge in [-0.05, 0) is 36.4 Å². The molecule has 1 fully saturated rings. The number of H-pyrrole nitrogens is 2. The summed E-state index contributed by atoms with van der Waals surface area (Å²) >= 11 is 0. The fraction of sp³-hybridized carbons (Fsp3) is 0.333. The van der Waals surface area contributed by atoms with Crippen LogP contribution in [0.15, 0.2) is 41.2 Å². The van der Waals surface area contributed by atoms with Crippen molar-refractivity contribution in [2.75, 3.05) is 45.2 Å². The number of carbonyl (C=O) groups excluding carboxylic acids is 1. The minimum absolute atomic E-state index is 0.104. The van der Waals surface area contributed by atoms with Gasteiger partial charge in [0, 0.05) is 44.0 Å². The first-order valence-corrected chi connectivity index (χ1v) is 9.79. The van der Waals surface area contributed by atoms with E-state index < -0.39 is 0 Å². The zero-order valence-corrected chi connectivity index (χ0v) is 16.7. The number of halogens is 1. The third kappa shape index (κ3) is 4.69. The van der Waals surface area contributed by atoms with Crippen LogP contribution < -0.4 is 15.7 Å². The second kappa shape index (κ2) is 8.68. The van der Waals surface area contributed by atoms with Crippen molar-refractivity contribution in [2.24, 2.45) is 0 Å². The molecular formula is C21H24FN5O3. The summed E-state index contributed by atoms with van der Waals surface area (Å²) in [4.78, 5) is 33.4. The van der Waals surface area contributed by atoms with Gasteiger partial charge >= 0.3 is 5.69 Å². The highest BCUT2D eigenvalue weighted by Gasteiger charge is 2.20. The van der Waals surface area contributed by atoms with E-state index in [0.29, 0.717) is 35.6 Å². The first-order valence-electron chi connectivity index (χ1n) is 9.79. The Labute approximate surface area is 172 Å². The molecule has 9 heteroatoms. The van der Waals surface area contributed by atoms with E-state index >= 15 is 0 Å². The monoisotopic (exact) mass is 413 g/mol. The number of aromatic nitrogens is 2. The number of carbonyl (C=O) groups is 1. The lowest BCUT2D eigenvalue weighted by molar-refractivity contribution is -0.117. The van der Waals surface area contributed by atoms with E-state index in [2.05, 4.69) is 25.1 Å². The number of ether oxygens (including phenoxy) is 1. The number of nitrogens with one attached hydrogen (secondary N) is 3. The van der Waals surface area contributed by atoms with Crippen LogP contribution >= 0.6 is 0 Å². The minimum atomic E-state index is -0.276. The van der Waals surface area contributed by atoms with Gasteiger partial charge in [0.25, 0.3) is 0 Å². The van der Waals surface area contributed by atoms with E-state index in [1.54, 1.807) is 31.4 Å². The molecule has 3 N–H and O–H groups in total. The van der Waals surface area contributed by atoms with Gasteiger partial charge in [0.05, 0.1) is 24.7 Å². The normalized spacial score (nSPS) is 15.4. The lowest BCUT2D eigenvalue weighted by Crippen LogP contribution is -2.48. The molecule has 1 aliphatic rings. The Hall–Kier alpha value is -3.17. The summed E-state index contributed by atoms with van der Waals surface area (Å²) in [5.74, 6) is 0.300. The Bertz CT molecular complexity index is 1100. The van der Waals surface area contributed by atoms with Gasteiger partial charge in [-0.25, -0.2) is 9.18 Å². The molecule has 0 spiro atoms. The lowest BCUT2D eigenvalue weighted by atomic mass is 10.1. The average molecular weight is 413 g/mol. The maximum atomic E-state index is 13.6. The fourth-order valence-corrected chi connectivity index (χ4v) is 3.73. The van der Waals surface area contributed by atoms with Crippen molar-refractivity contribution in [3.8, 4) is 5.75 Å². The van der Waals surface area contributed by atoms with Crippen molar-refractivity contribution in [1.29, 1.82) is 0 Å². The van der Waals surface area contributed by atoms with Gasteiger partial charge < -0.3 is 20.0 Å². The number of rotatable bonds is 6. The van der Waals surface area contributed by atoms with Crippen LogP contribution in [0.4, 0.5) is 10.1 Å². The largest absolute Gasteiger partial charge is 0.496 e. The van der Waals surface area contributed by atoms with Crippen molar-refractivity contribution < 1.29 is 13.9 Å². The van der Waals surface area contributed by atoms with Crippen molar-refractivity contribution in [2.45, 2.75) is 6.54 Å². The highest BCUT2D eigenvalue weighted by molar-refractivity contribution is 5.94. The summed E-state index contributed by atoms with van der Waals surface area (Å²) < 4.78 is 18.9. The molecule has 0 unspecified atom stereocenters. The molecule has 0 bridgehead atoms. The summed E-state index contributed by atoms with van der Waals surface area (Å²) in [5, 5.41) is 2.87. The number of piperazine rings is 1. The van der Waals surface area contributed by atoms with Crippen LogP contribution in [0.25, 0.3) is 11.0 Å². The molecule has 0 saturated carbocycles. The summed E-state index contributed by atoms with van der Waals surface area (Å²) in [6.07, 6.45) is 0. The fourth-order valence-electron chi connectivity index (χ4n) is 3.73. The molecule has 8 nitrogen and oxygen atoms in total. The lowest BCUT2D eigenvalue weighted by Gasteiger charge is -2.34. The Balaban J connectivity index is 1.28. The van der Waals surface area contributed by atoms with Gasteiger partial charge in [0.15, 0.2) is 0 Å². The molecular weight excluding hydrogens is 389 g/mol. The molecule has 158 valence electrons. The highest BCUT2D eigenvalue weighted by Crippen LogP contribution is 2.22. The molecule has 2 heterocycles. The molecule has 3 aromatic rings. The van der Waals surface area contributed by atoms with Gasteiger partial charge in [-0.15, -0.1) is 0 Å². The Morgan fingerprint density at radius 1 is 1.07 bits per heavy atom. The third-order valence-corrected chi connectivity index (χ3v) is 5.27. The quantitative estimate of drug-likeness (QED) is 0.573. The van der Waals surface area contributed by atoms with Gasteiger partial charge in [-0.3, -0.25) is 14.6 Å². The third-order valence-electron chi connectivity index (χ3n) is 5.27. The number of hydrogen-bond acceptors (Lipinski definition) is 5. The average Bonchev–Trinajstić information content (AvgIpc) is 3.09. The molecule has 0 radical (unpaired) electrons. The van der Waals surface area contributed by atoms with Crippen LogP contribution in [0, 0.1) is 5.82 Å². The smallest absolute Gasteiger partial charge is 0.323 e. The number of methoxy groups -OCH3 is 1. The molecule has 1 aromatic heterocycles.